The van der Waals surface area contributed by atoms with Gasteiger partial charge in [0.25, 0.3) is 0 Å². The van der Waals surface area contributed by atoms with Crippen molar-refractivity contribution in [3.8, 4) is 0 Å². The van der Waals surface area contributed by atoms with Crippen molar-refractivity contribution in [1.82, 2.24) is 0 Å². The number of hydrogen-bond donors (Lipinski definition) is 2. The molecule has 34 heavy (non-hydrogen) atoms. The highest BCUT2D eigenvalue weighted by atomic mass is 16.5. The second-order valence-electron chi connectivity index (χ2n) is 7.68. The lowest BCUT2D eigenvalue weighted by atomic mass is 9.85. The van der Waals surface area contributed by atoms with Crippen LogP contribution in [0.1, 0.15) is 35.1 Å². The van der Waals surface area contributed by atoms with Gasteiger partial charge in [-0.25, -0.2) is 0 Å². The van der Waals surface area contributed by atoms with E-state index >= 15 is 0 Å². The van der Waals surface area contributed by atoms with E-state index in [4.69, 9.17) is 15.9 Å². The second-order valence-corrected chi connectivity index (χ2v) is 7.68. The monoisotopic (exact) mass is 450 g/mol. The van der Waals surface area contributed by atoms with E-state index < -0.39 is 6.04 Å². The molecule has 4 rings (SSSR count). The van der Waals surface area contributed by atoms with E-state index in [1.807, 2.05) is 121 Å². The van der Waals surface area contributed by atoms with Crippen molar-refractivity contribution in [2.45, 2.75) is 18.9 Å². The van der Waals surface area contributed by atoms with E-state index in [2.05, 4.69) is 0 Å². The molecule has 1 unspecified atom stereocenters. The van der Waals surface area contributed by atoms with Crippen molar-refractivity contribution in [2.24, 2.45) is 5.73 Å². The van der Waals surface area contributed by atoms with Crippen LogP contribution in [-0.4, -0.2) is 24.3 Å². The number of esters is 1. The fourth-order valence-corrected chi connectivity index (χ4v) is 3.68. The number of nitrogens with two attached hydrogens (primary N) is 1. The fourth-order valence-electron chi connectivity index (χ4n) is 3.68. The van der Waals surface area contributed by atoms with Gasteiger partial charge >= 0.3 is 5.97 Å². The van der Waals surface area contributed by atoms with E-state index in [1.54, 1.807) is 6.92 Å². The molecule has 0 bridgehead atoms. The zero-order chi connectivity index (χ0) is 24.2. The maximum Gasteiger partial charge on any atom is 0.323 e. The number of hydrogen-bond acceptors (Lipinski definition) is 4. The number of carbonyl (C=O) groups excluding carboxylic acids is 1. The molecule has 0 aliphatic heterocycles. The smallest absolute Gasteiger partial charge is 0.323 e. The first kappa shape index (κ1) is 24.6. The summed E-state index contributed by atoms with van der Waals surface area (Å²) < 4.78 is 5.06. The average Bonchev–Trinajstić information content (AvgIpc) is 2.91. The maximum atomic E-state index is 12.0. The molecule has 4 aromatic carbocycles. The third kappa shape index (κ3) is 6.74. The maximum absolute atomic E-state index is 12.0. The quantitative estimate of drug-likeness (QED) is 0.275. The third-order valence-electron chi connectivity index (χ3n) is 5.36. The molecule has 0 spiro atoms. The van der Waals surface area contributed by atoms with Gasteiger partial charge in [-0.1, -0.05) is 121 Å². The number of nitrogens with one attached hydrogen (secondary N) is 1. The summed E-state index contributed by atoms with van der Waals surface area (Å²) in [5, 5.41) is 7.97. The number of benzene rings is 4. The van der Waals surface area contributed by atoms with Gasteiger partial charge < -0.3 is 10.5 Å². The Labute approximate surface area is 201 Å². The molecule has 1 atom stereocenters. The van der Waals surface area contributed by atoms with Gasteiger partial charge in [0.15, 0.2) is 0 Å². The molecule has 3 N–H and O–H groups in total. The Bertz CT molecular complexity index is 1070. The van der Waals surface area contributed by atoms with Crippen LogP contribution in [0.2, 0.25) is 0 Å². The van der Waals surface area contributed by atoms with Crippen LogP contribution in [0, 0.1) is 5.41 Å². The van der Waals surface area contributed by atoms with Gasteiger partial charge in [0, 0.05) is 5.92 Å². The zero-order valence-electron chi connectivity index (χ0n) is 19.3. The first-order valence-corrected chi connectivity index (χ1v) is 11.3. The Kier molecular flexibility index (Phi) is 9.32. The lowest BCUT2D eigenvalue weighted by Gasteiger charge is -2.23. The van der Waals surface area contributed by atoms with Crippen molar-refractivity contribution in [3.63, 3.8) is 0 Å². The van der Waals surface area contributed by atoms with E-state index in [1.165, 1.54) is 0 Å². The molecular formula is C30H30N2O2. The summed E-state index contributed by atoms with van der Waals surface area (Å²) in [6.07, 6.45) is 0. The molecule has 4 nitrogen and oxygen atoms in total. The van der Waals surface area contributed by atoms with E-state index in [0.717, 1.165) is 22.3 Å². The Morgan fingerprint density at radius 3 is 1.41 bits per heavy atom. The Morgan fingerprint density at radius 2 is 1.06 bits per heavy atom. The molecule has 172 valence electrons. The zero-order valence-corrected chi connectivity index (χ0v) is 19.3. The standard InChI is InChI=1S/C17H19NO2.C13H11N/c1-2-20-17(19)16(18)15(13-9-5-3-6-10-13)14-11-7-4-8-12-14;14-13(11-7-3-1-4-8-11)12-9-5-2-6-10-12/h3-12,15-16H,2,18H2,1H3;1-10,14H. The predicted octanol–water partition coefficient (Wildman–Crippen LogP) is 5.81. The molecule has 4 heteroatoms. The molecule has 0 heterocycles. The first-order chi connectivity index (χ1) is 16.6. The molecule has 0 aromatic heterocycles. The molecule has 4 aromatic rings. The average molecular weight is 451 g/mol. The lowest BCUT2D eigenvalue weighted by Crippen LogP contribution is -2.38. The second kappa shape index (κ2) is 12.9. The van der Waals surface area contributed by atoms with Gasteiger partial charge in [0.1, 0.15) is 6.04 Å². The van der Waals surface area contributed by atoms with Gasteiger partial charge in [0.2, 0.25) is 0 Å². The normalized spacial score (nSPS) is 11.1. The highest BCUT2D eigenvalue weighted by Crippen LogP contribution is 2.27. The largest absolute Gasteiger partial charge is 0.465 e. The fraction of sp³-hybridized carbons (Fsp3) is 0.133. The van der Waals surface area contributed by atoms with Crippen molar-refractivity contribution >= 4 is 11.7 Å². The summed E-state index contributed by atoms with van der Waals surface area (Å²) in [6.45, 7) is 2.12. The summed E-state index contributed by atoms with van der Waals surface area (Å²) in [6, 6.07) is 38.4. The minimum Gasteiger partial charge on any atom is -0.465 e. The van der Waals surface area contributed by atoms with Crippen LogP contribution in [-0.2, 0) is 9.53 Å². The van der Waals surface area contributed by atoms with Crippen LogP contribution < -0.4 is 5.73 Å². The summed E-state index contributed by atoms with van der Waals surface area (Å²) in [5.41, 5.74) is 10.7. The SMILES string of the molecule is CCOC(=O)C(N)C(c1ccccc1)c1ccccc1.N=C(c1ccccc1)c1ccccc1. The van der Waals surface area contributed by atoms with Crippen molar-refractivity contribution < 1.29 is 9.53 Å². The Balaban J connectivity index is 0.000000202. The van der Waals surface area contributed by atoms with Crippen LogP contribution in [0.25, 0.3) is 0 Å². The van der Waals surface area contributed by atoms with Crippen molar-refractivity contribution in [1.29, 1.82) is 5.41 Å². The predicted molar refractivity (Wildman–Crippen MR) is 138 cm³/mol. The highest BCUT2D eigenvalue weighted by Gasteiger charge is 2.28. The molecular weight excluding hydrogens is 420 g/mol. The minimum absolute atomic E-state index is 0.198. The van der Waals surface area contributed by atoms with Crippen LogP contribution >= 0.6 is 0 Å². The van der Waals surface area contributed by atoms with Gasteiger partial charge in [-0.3, -0.25) is 10.2 Å². The third-order valence-corrected chi connectivity index (χ3v) is 5.36. The number of rotatable bonds is 7. The highest BCUT2D eigenvalue weighted by molar-refractivity contribution is 6.10. The van der Waals surface area contributed by atoms with Gasteiger partial charge in [-0.2, -0.15) is 0 Å². The van der Waals surface area contributed by atoms with Crippen molar-refractivity contribution in [3.05, 3.63) is 144 Å². The molecule has 0 saturated carbocycles. The topological polar surface area (TPSA) is 76.2 Å². The van der Waals surface area contributed by atoms with Crippen molar-refractivity contribution in [2.75, 3.05) is 6.61 Å². The van der Waals surface area contributed by atoms with E-state index in [-0.39, 0.29) is 11.9 Å². The molecule has 0 aliphatic carbocycles. The van der Waals surface area contributed by atoms with E-state index in [0.29, 0.717) is 12.3 Å². The van der Waals surface area contributed by atoms with Crippen LogP contribution in [0.4, 0.5) is 0 Å². The summed E-state index contributed by atoms with van der Waals surface area (Å²) >= 11 is 0. The van der Waals surface area contributed by atoms with Crippen LogP contribution in [0.15, 0.2) is 121 Å². The number of ether oxygens (including phenoxy) is 1. The number of carbonyl (C=O) groups is 1. The van der Waals surface area contributed by atoms with Gasteiger partial charge in [-0.15, -0.1) is 0 Å². The molecule has 0 saturated heterocycles. The van der Waals surface area contributed by atoms with Gasteiger partial charge in [-0.05, 0) is 29.2 Å². The molecule has 0 fully saturated rings. The minimum atomic E-state index is -0.709. The lowest BCUT2D eigenvalue weighted by molar-refractivity contribution is -0.145. The summed E-state index contributed by atoms with van der Waals surface area (Å²) in [4.78, 5) is 12.0. The molecule has 0 amide bonds. The summed E-state index contributed by atoms with van der Waals surface area (Å²) in [5.74, 6) is -0.568. The van der Waals surface area contributed by atoms with Gasteiger partial charge in [0.05, 0.1) is 12.3 Å². The van der Waals surface area contributed by atoms with Crippen LogP contribution in [0.3, 0.4) is 0 Å². The summed E-state index contributed by atoms with van der Waals surface area (Å²) in [7, 11) is 0. The first-order valence-electron chi connectivity index (χ1n) is 11.3. The van der Waals surface area contributed by atoms with Crippen LogP contribution in [0.5, 0.6) is 0 Å². The molecule has 0 radical (unpaired) electrons. The van der Waals surface area contributed by atoms with E-state index in [9.17, 15) is 4.79 Å². The molecule has 0 aliphatic rings. The Hall–Kier alpha value is -4.02. The Morgan fingerprint density at radius 1 is 0.706 bits per heavy atom.